The van der Waals surface area contributed by atoms with Crippen LogP contribution >= 0.6 is 0 Å². The van der Waals surface area contributed by atoms with Crippen molar-refractivity contribution in [3.63, 3.8) is 0 Å². The molecule has 20 heavy (non-hydrogen) atoms. The van der Waals surface area contributed by atoms with E-state index in [0.717, 1.165) is 13.0 Å². The van der Waals surface area contributed by atoms with Gasteiger partial charge < -0.3 is 5.11 Å². The maximum atomic E-state index is 9.75. The van der Waals surface area contributed by atoms with Crippen LogP contribution in [0.5, 0.6) is 0 Å². The van der Waals surface area contributed by atoms with E-state index in [-0.39, 0.29) is 6.10 Å². The van der Waals surface area contributed by atoms with Crippen molar-refractivity contribution in [2.75, 3.05) is 13.6 Å². The smallest absolute Gasteiger partial charge is 0.0664 e. The third kappa shape index (κ3) is 3.92. The van der Waals surface area contributed by atoms with Gasteiger partial charge in [0.25, 0.3) is 0 Å². The quantitative estimate of drug-likeness (QED) is 0.867. The van der Waals surface area contributed by atoms with E-state index in [0.29, 0.717) is 6.54 Å². The van der Waals surface area contributed by atoms with Crippen molar-refractivity contribution >= 4 is 0 Å². The fraction of sp³-hybridized carbons (Fsp3) is 0.333. The van der Waals surface area contributed by atoms with E-state index in [1.54, 1.807) is 0 Å². The minimum absolute atomic E-state index is 0.246. The van der Waals surface area contributed by atoms with Crippen LogP contribution in [0.4, 0.5) is 0 Å². The number of hydrogen-bond acceptors (Lipinski definition) is 2. The Bertz CT molecular complexity index is 524. The van der Waals surface area contributed by atoms with Crippen LogP contribution in [0, 0.1) is 0 Å². The molecule has 0 saturated heterocycles. The summed E-state index contributed by atoms with van der Waals surface area (Å²) in [6.45, 7) is 3.57. The molecule has 106 valence electrons. The molecule has 0 amide bonds. The lowest BCUT2D eigenvalue weighted by molar-refractivity contribution is 0.119. The van der Waals surface area contributed by atoms with Crippen LogP contribution in [0.15, 0.2) is 54.6 Å². The number of aliphatic hydroxyl groups is 1. The maximum Gasteiger partial charge on any atom is 0.0664 e. The first-order valence-corrected chi connectivity index (χ1v) is 7.20. The molecule has 0 heterocycles. The Morgan fingerprint density at radius 3 is 2.35 bits per heavy atom. The Labute approximate surface area is 121 Å². The van der Waals surface area contributed by atoms with Gasteiger partial charge >= 0.3 is 0 Å². The van der Waals surface area contributed by atoms with Crippen LogP contribution < -0.4 is 0 Å². The van der Waals surface area contributed by atoms with Crippen molar-refractivity contribution in [3.05, 3.63) is 60.2 Å². The SMILES string of the molecule is CCC(O)CN(C)Cc1ccccc1-c1ccccc1. The summed E-state index contributed by atoms with van der Waals surface area (Å²) in [5.74, 6) is 0. The zero-order valence-corrected chi connectivity index (χ0v) is 12.3. The van der Waals surface area contributed by atoms with E-state index in [4.69, 9.17) is 0 Å². The van der Waals surface area contributed by atoms with Gasteiger partial charge in [-0.2, -0.15) is 0 Å². The molecule has 0 aromatic heterocycles. The second-order valence-corrected chi connectivity index (χ2v) is 5.28. The van der Waals surface area contributed by atoms with E-state index < -0.39 is 0 Å². The van der Waals surface area contributed by atoms with Gasteiger partial charge in [-0.1, -0.05) is 61.5 Å². The van der Waals surface area contributed by atoms with Crippen LogP contribution in [-0.4, -0.2) is 29.7 Å². The number of hydrogen-bond donors (Lipinski definition) is 1. The van der Waals surface area contributed by atoms with Crippen molar-refractivity contribution in [1.29, 1.82) is 0 Å². The molecule has 2 aromatic rings. The van der Waals surface area contributed by atoms with Crippen molar-refractivity contribution < 1.29 is 5.11 Å². The first-order valence-electron chi connectivity index (χ1n) is 7.20. The Hall–Kier alpha value is -1.64. The molecule has 0 fully saturated rings. The van der Waals surface area contributed by atoms with E-state index in [2.05, 4.69) is 60.5 Å². The summed E-state index contributed by atoms with van der Waals surface area (Å²) in [5.41, 5.74) is 3.81. The monoisotopic (exact) mass is 269 g/mol. The predicted molar refractivity (Wildman–Crippen MR) is 84.5 cm³/mol. The molecular formula is C18H23NO. The van der Waals surface area contributed by atoms with Crippen molar-refractivity contribution in [2.24, 2.45) is 0 Å². The summed E-state index contributed by atoms with van der Waals surface area (Å²) >= 11 is 0. The van der Waals surface area contributed by atoms with Gasteiger partial charge in [-0.25, -0.2) is 0 Å². The number of likely N-dealkylation sites (N-methyl/N-ethyl adjacent to an activating group) is 1. The second kappa shape index (κ2) is 7.22. The van der Waals surface area contributed by atoms with Crippen LogP contribution in [0.1, 0.15) is 18.9 Å². The molecular weight excluding hydrogens is 246 g/mol. The molecule has 2 nitrogen and oxygen atoms in total. The third-order valence-corrected chi connectivity index (χ3v) is 3.54. The van der Waals surface area contributed by atoms with Gasteiger partial charge in [0, 0.05) is 13.1 Å². The summed E-state index contributed by atoms with van der Waals surface area (Å²) < 4.78 is 0. The molecule has 2 rings (SSSR count). The summed E-state index contributed by atoms with van der Waals surface area (Å²) in [7, 11) is 2.06. The van der Waals surface area contributed by atoms with Crippen molar-refractivity contribution in [1.82, 2.24) is 4.90 Å². The molecule has 0 aliphatic rings. The highest BCUT2D eigenvalue weighted by molar-refractivity contribution is 5.67. The molecule has 0 saturated carbocycles. The van der Waals surface area contributed by atoms with E-state index in [1.807, 2.05) is 13.0 Å². The summed E-state index contributed by atoms with van der Waals surface area (Å²) in [6, 6.07) is 18.9. The first-order chi connectivity index (χ1) is 9.70. The minimum Gasteiger partial charge on any atom is -0.392 e. The maximum absolute atomic E-state index is 9.75. The summed E-state index contributed by atoms with van der Waals surface area (Å²) in [6.07, 6.45) is 0.550. The van der Waals surface area contributed by atoms with Crippen LogP contribution in [0.2, 0.25) is 0 Å². The van der Waals surface area contributed by atoms with Gasteiger partial charge in [0.15, 0.2) is 0 Å². The van der Waals surface area contributed by atoms with Gasteiger partial charge in [-0.05, 0) is 30.2 Å². The highest BCUT2D eigenvalue weighted by Crippen LogP contribution is 2.24. The lowest BCUT2D eigenvalue weighted by atomic mass is 9.99. The average molecular weight is 269 g/mol. The van der Waals surface area contributed by atoms with Gasteiger partial charge in [0.1, 0.15) is 0 Å². The minimum atomic E-state index is -0.246. The number of nitrogens with zero attached hydrogens (tertiary/aromatic N) is 1. The van der Waals surface area contributed by atoms with E-state index >= 15 is 0 Å². The number of rotatable bonds is 6. The highest BCUT2D eigenvalue weighted by Gasteiger charge is 2.09. The topological polar surface area (TPSA) is 23.5 Å². The first kappa shape index (κ1) is 14.8. The highest BCUT2D eigenvalue weighted by atomic mass is 16.3. The van der Waals surface area contributed by atoms with Gasteiger partial charge in [0.2, 0.25) is 0 Å². The van der Waals surface area contributed by atoms with Crippen LogP contribution in [0.25, 0.3) is 11.1 Å². The summed E-state index contributed by atoms with van der Waals surface area (Å²) in [5, 5.41) is 9.75. The Kier molecular flexibility index (Phi) is 5.33. The second-order valence-electron chi connectivity index (χ2n) is 5.28. The van der Waals surface area contributed by atoms with Gasteiger partial charge in [-0.3, -0.25) is 4.90 Å². The molecule has 0 bridgehead atoms. The van der Waals surface area contributed by atoms with E-state index in [9.17, 15) is 5.11 Å². The molecule has 1 unspecified atom stereocenters. The Morgan fingerprint density at radius 1 is 1.00 bits per heavy atom. The molecule has 1 atom stereocenters. The molecule has 0 aliphatic heterocycles. The van der Waals surface area contributed by atoms with Crippen LogP contribution in [0.3, 0.4) is 0 Å². The lowest BCUT2D eigenvalue weighted by Gasteiger charge is -2.21. The largest absolute Gasteiger partial charge is 0.392 e. The lowest BCUT2D eigenvalue weighted by Crippen LogP contribution is -2.28. The fourth-order valence-corrected chi connectivity index (χ4v) is 2.40. The predicted octanol–water partition coefficient (Wildman–Crippen LogP) is 3.56. The fourth-order valence-electron chi connectivity index (χ4n) is 2.40. The third-order valence-electron chi connectivity index (χ3n) is 3.54. The summed E-state index contributed by atoms with van der Waals surface area (Å²) in [4.78, 5) is 2.18. The standard InChI is InChI=1S/C18H23NO/c1-3-17(20)14-19(2)13-16-11-7-8-12-18(16)15-9-5-4-6-10-15/h4-12,17,20H,3,13-14H2,1-2H3. The van der Waals surface area contributed by atoms with Crippen LogP contribution in [-0.2, 0) is 6.54 Å². The average Bonchev–Trinajstić information content (AvgIpc) is 2.48. The van der Waals surface area contributed by atoms with Crippen molar-refractivity contribution in [3.8, 4) is 11.1 Å². The van der Waals surface area contributed by atoms with Crippen molar-refractivity contribution in [2.45, 2.75) is 26.0 Å². The number of benzene rings is 2. The zero-order valence-electron chi connectivity index (χ0n) is 12.3. The van der Waals surface area contributed by atoms with Gasteiger partial charge in [0.05, 0.1) is 6.10 Å². The molecule has 0 aliphatic carbocycles. The van der Waals surface area contributed by atoms with E-state index in [1.165, 1.54) is 16.7 Å². The molecule has 1 N–H and O–H groups in total. The Balaban J connectivity index is 2.17. The normalized spacial score (nSPS) is 12.6. The molecule has 2 heteroatoms. The molecule has 0 radical (unpaired) electrons. The molecule has 2 aromatic carbocycles. The number of aliphatic hydroxyl groups excluding tert-OH is 1. The molecule has 0 spiro atoms. The van der Waals surface area contributed by atoms with Gasteiger partial charge in [-0.15, -0.1) is 0 Å². The Morgan fingerprint density at radius 2 is 1.65 bits per heavy atom. The zero-order chi connectivity index (χ0) is 14.4.